The Morgan fingerprint density at radius 3 is 2.80 bits per heavy atom. The predicted molar refractivity (Wildman–Crippen MR) is 76.5 cm³/mol. The number of halogens is 2. The molecule has 0 saturated carbocycles. The zero-order valence-corrected chi connectivity index (χ0v) is 12.7. The summed E-state index contributed by atoms with van der Waals surface area (Å²) in [5.41, 5.74) is 1.76. The number of aromatic nitrogens is 5. The Morgan fingerprint density at radius 1 is 1.30 bits per heavy atom. The van der Waals surface area contributed by atoms with Gasteiger partial charge in [-0.05, 0) is 38.0 Å². The molecule has 3 heterocycles. The zero-order chi connectivity index (χ0) is 14.3. The van der Waals surface area contributed by atoms with Crippen molar-refractivity contribution in [2.75, 3.05) is 0 Å². The SMILES string of the molecule is O=[N+]([O-])c1nc(Br)n(-c2ccnc3cc(Br)cnc23)n1. The molecule has 8 nitrogen and oxygen atoms in total. The Bertz CT molecular complexity index is 834. The summed E-state index contributed by atoms with van der Waals surface area (Å²) in [5, 5.41) is 14.6. The average Bonchev–Trinajstić information content (AvgIpc) is 2.80. The lowest BCUT2D eigenvalue weighted by atomic mass is 10.3. The number of hydrogen-bond donors (Lipinski definition) is 0. The number of pyridine rings is 2. The molecule has 0 aromatic carbocycles. The van der Waals surface area contributed by atoms with Crippen molar-refractivity contribution in [1.29, 1.82) is 0 Å². The van der Waals surface area contributed by atoms with E-state index >= 15 is 0 Å². The molecule has 0 saturated heterocycles. The Balaban J connectivity index is 2.27. The maximum Gasteiger partial charge on any atom is 0.492 e. The lowest BCUT2D eigenvalue weighted by molar-refractivity contribution is -0.394. The second-order valence-electron chi connectivity index (χ2n) is 3.70. The van der Waals surface area contributed by atoms with Gasteiger partial charge in [0.2, 0.25) is 0 Å². The lowest BCUT2D eigenvalue weighted by Gasteiger charge is -2.02. The Kier molecular flexibility index (Phi) is 3.18. The molecule has 0 N–H and O–H groups in total. The third-order valence-electron chi connectivity index (χ3n) is 2.47. The molecule has 0 amide bonds. The van der Waals surface area contributed by atoms with Gasteiger partial charge in [0.15, 0.2) is 0 Å². The van der Waals surface area contributed by atoms with E-state index in [2.05, 4.69) is 51.9 Å². The van der Waals surface area contributed by atoms with Gasteiger partial charge in [-0.2, -0.15) is 0 Å². The molecule has 0 spiro atoms. The number of rotatable bonds is 2. The number of fused-ring (bicyclic) bond motifs is 1. The quantitative estimate of drug-likeness (QED) is 0.485. The number of nitrogens with zero attached hydrogens (tertiary/aromatic N) is 6. The van der Waals surface area contributed by atoms with Crippen molar-refractivity contribution < 1.29 is 4.92 Å². The second-order valence-corrected chi connectivity index (χ2v) is 5.33. The molecule has 100 valence electrons. The molecule has 3 aromatic heterocycles. The van der Waals surface area contributed by atoms with Gasteiger partial charge in [0, 0.05) is 37.9 Å². The Hall–Kier alpha value is -1.94. The van der Waals surface area contributed by atoms with Gasteiger partial charge in [0.05, 0.1) is 5.52 Å². The van der Waals surface area contributed by atoms with E-state index in [1.165, 1.54) is 4.68 Å². The largest absolute Gasteiger partial charge is 0.492 e. The third-order valence-corrected chi connectivity index (χ3v) is 3.42. The summed E-state index contributed by atoms with van der Waals surface area (Å²) in [7, 11) is 0. The van der Waals surface area contributed by atoms with Gasteiger partial charge in [-0.25, -0.2) is 0 Å². The molecule has 0 aliphatic rings. The maximum atomic E-state index is 10.7. The topological polar surface area (TPSA) is 99.6 Å². The minimum atomic E-state index is -0.658. The molecular formula is C10H4Br2N6O2. The molecule has 10 heteroatoms. The van der Waals surface area contributed by atoms with Crippen LogP contribution in [0, 0.1) is 10.1 Å². The molecule has 3 aromatic rings. The maximum absolute atomic E-state index is 10.7. The van der Waals surface area contributed by atoms with E-state index < -0.39 is 10.9 Å². The van der Waals surface area contributed by atoms with Gasteiger partial charge < -0.3 is 10.1 Å². The van der Waals surface area contributed by atoms with E-state index in [-0.39, 0.29) is 4.73 Å². The second kappa shape index (κ2) is 4.87. The summed E-state index contributed by atoms with van der Waals surface area (Å²) in [6, 6.07) is 3.46. The minimum Gasteiger partial charge on any atom is -0.390 e. The first-order chi connectivity index (χ1) is 9.56. The monoisotopic (exact) mass is 398 g/mol. The van der Waals surface area contributed by atoms with E-state index in [0.717, 1.165) is 4.47 Å². The number of nitro groups is 1. The molecule has 20 heavy (non-hydrogen) atoms. The van der Waals surface area contributed by atoms with Crippen LogP contribution in [0.3, 0.4) is 0 Å². The summed E-state index contributed by atoms with van der Waals surface area (Å²) in [6.45, 7) is 0. The highest BCUT2D eigenvalue weighted by molar-refractivity contribution is 9.10. The first kappa shape index (κ1) is 13.1. The van der Waals surface area contributed by atoms with Gasteiger partial charge in [-0.3, -0.25) is 9.97 Å². The summed E-state index contributed by atoms with van der Waals surface area (Å²) < 4.78 is 2.32. The Labute approximate surface area is 128 Å². The van der Waals surface area contributed by atoms with Gasteiger partial charge in [0.1, 0.15) is 11.2 Å². The fraction of sp³-hybridized carbons (Fsp3) is 0. The van der Waals surface area contributed by atoms with Crippen LogP contribution in [0.25, 0.3) is 16.7 Å². The molecular weight excluding hydrogens is 396 g/mol. The lowest BCUT2D eigenvalue weighted by Crippen LogP contribution is -2.01. The van der Waals surface area contributed by atoms with Crippen LogP contribution in [-0.4, -0.2) is 29.7 Å². The van der Waals surface area contributed by atoms with Crippen LogP contribution in [0.15, 0.2) is 33.7 Å². The molecule has 0 unspecified atom stereocenters. The summed E-state index contributed by atoms with van der Waals surface area (Å²) >= 11 is 6.46. The molecule has 0 fully saturated rings. The first-order valence-corrected chi connectivity index (χ1v) is 6.82. The van der Waals surface area contributed by atoms with Crippen LogP contribution in [0.2, 0.25) is 0 Å². The van der Waals surface area contributed by atoms with E-state index in [1.54, 1.807) is 24.5 Å². The molecule has 0 bridgehead atoms. The standard InChI is InChI=1S/C10H4Br2N6O2/c11-5-3-6-8(14-4-5)7(1-2-13-6)17-9(12)15-10(16-17)18(19)20/h1-4H. The van der Waals surface area contributed by atoms with Crippen molar-refractivity contribution in [3.63, 3.8) is 0 Å². The van der Waals surface area contributed by atoms with Gasteiger partial charge in [-0.15, -0.1) is 4.68 Å². The van der Waals surface area contributed by atoms with Gasteiger partial charge in [-0.1, -0.05) is 0 Å². The molecule has 0 atom stereocenters. The predicted octanol–water partition coefficient (Wildman–Crippen LogP) is 2.64. The van der Waals surface area contributed by atoms with Crippen LogP contribution in [0.4, 0.5) is 5.95 Å². The highest BCUT2D eigenvalue weighted by Crippen LogP contribution is 2.24. The van der Waals surface area contributed by atoms with Crippen LogP contribution in [0.5, 0.6) is 0 Å². The fourth-order valence-electron chi connectivity index (χ4n) is 1.68. The summed E-state index contributed by atoms with van der Waals surface area (Å²) in [6.07, 6.45) is 3.19. The van der Waals surface area contributed by atoms with E-state index in [4.69, 9.17) is 0 Å². The zero-order valence-electron chi connectivity index (χ0n) is 9.57. The van der Waals surface area contributed by atoms with E-state index in [1.807, 2.05) is 0 Å². The highest BCUT2D eigenvalue weighted by Gasteiger charge is 2.22. The van der Waals surface area contributed by atoms with Crippen molar-refractivity contribution in [1.82, 2.24) is 24.7 Å². The smallest absolute Gasteiger partial charge is 0.390 e. The first-order valence-electron chi connectivity index (χ1n) is 5.24. The van der Waals surface area contributed by atoms with Crippen molar-refractivity contribution in [3.05, 3.63) is 43.8 Å². The molecule has 0 aliphatic carbocycles. The van der Waals surface area contributed by atoms with Crippen molar-refractivity contribution in [3.8, 4) is 5.69 Å². The third kappa shape index (κ3) is 2.16. The normalized spacial score (nSPS) is 10.9. The van der Waals surface area contributed by atoms with Crippen molar-refractivity contribution in [2.24, 2.45) is 0 Å². The van der Waals surface area contributed by atoms with Crippen molar-refractivity contribution in [2.45, 2.75) is 0 Å². The average molecular weight is 400 g/mol. The summed E-state index contributed by atoms with van der Waals surface area (Å²) in [4.78, 5) is 22.2. The van der Waals surface area contributed by atoms with Crippen LogP contribution >= 0.6 is 31.9 Å². The Morgan fingerprint density at radius 2 is 2.10 bits per heavy atom. The van der Waals surface area contributed by atoms with Crippen molar-refractivity contribution >= 4 is 48.8 Å². The minimum absolute atomic E-state index is 0.224. The summed E-state index contributed by atoms with van der Waals surface area (Å²) in [5.74, 6) is -0.487. The molecule has 3 rings (SSSR count). The van der Waals surface area contributed by atoms with E-state index in [0.29, 0.717) is 16.7 Å². The molecule has 0 aliphatic heterocycles. The highest BCUT2D eigenvalue weighted by atomic mass is 79.9. The number of hydrogen-bond acceptors (Lipinski definition) is 6. The van der Waals surface area contributed by atoms with E-state index in [9.17, 15) is 10.1 Å². The fourth-order valence-corrected chi connectivity index (χ4v) is 2.42. The van der Waals surface area contributed by atoms with Crippen LogP contribution < -0.4 is 0 Å². The van der Waals surface area contributed by atoms with Crippen LogP contribution in [0.1, 0.15) is 0 Å². The van der Waals surface area contributed by atoms with Gasteiger partial charge >= 0.3 is 5.95 Å². The molecule has 0 radical (unpaired) electrons. The van der Waals surface area contributed by atoms with Crippen LogP contribution in [-0.2, 0) is 0 Å². The van der Waals surface area contributed by atoms with Gasteiger partial charge in [0.25, 0.3) is 4.73 Å².